The molecule has 3 fully saturated rings. The first kappa shape index (κ1) is 12.3. The van der Waals surface area contributed by atoms with Gasteiger partial charge in [-0.15, -0.1) is 0 Å². The van der Waals surface area contributed by atoms with Gasteiger partial charge >= 0.3 is 0 Å². The number of thioether (sulfide) groups is 1. The van der Waals surface area contributed by atoms with Gasteiger partial charge in [0.15, 0.2) is 0 Å². The molecule has 100 valence electrons. The van der Waals surface area contributed by atoms with Gasteiger partial charge in [0.2, 0.25) is 11.8 Å². The first-order valence-corrected chi connectivity index (χ1v) is 8.14. The molecule has 3 rings (SSSR count). The number of carbonyl (C=O) groups excluding carboxylic acids is 2. The third kappa shape index (κ3) is 1.83. The summed E-state index contributed by atoms with van der Waals surface area (Å²) in [5.74, 6) is 0.363. The number of fused-ring (bicyclic) bond motifs is 1. The molecule has 2 saturated heterocycles. The summed E-state index contributed by atoms with van der Waals surface area (Å²) in [7, 11) is 0. The number of hydrogen-bond donors (Lipinski definition) is 0. The molecule has 3 atom stereocenters. The van der Waals surface area contributed by atoms with Gasteiger partial charge in [-0.25, -0.2) is 0 Å². The Bertz CT molecular complexity index is 374. The van der Waals surface area contributed by atoms with Gasteiger partial charge in [-0.1, -0.05) is 6.42 Å². The lowest BCUT2D eigenvalue weighted by molar-refractivity contribution is -0.155. The average Bonchev–Trinajstić information content (AvgIpc) is 3.01. The molecule has 0 aromatic rings. The molecule has 3 aliphatic rings. The molecule has 1 saturated carbocycles. The molecule has 18 heavy (non-hydrogen) atoms. The minimum absolute atomic E-state index is 0.144. The van der Waals surface area contributed by atoms with Crippen LogP contribution in [0.15, 0.2) is 0 Å². The second kappa shape index (κ2) is 4.76. The molecule has 0 aromatic carbocycles. The fourth-order valence-corrected chi connectivity index (χ4v) is 4.65. The van der Waals surface area contributed by atoms with Gasteiger partial charge in [-0.05, 0) is 31.9 Å². The molecule has 1 aliphatic carbocycles. The summed E-state index contributed by atoms with van der Waals surface area (Å²) in [6.45, 7) is 1.09. The number of rotatable bonds is 2. The van der Waals surface area contributed by atoms with Gasteiger partial charge < -0.3 is 9.80 Å². The van der Waals surface area contributed by atoms with E-state index in [1.807, 2.05) is 16.7 Å². The lowest BCUT2D eigenvalue weighted by atomic mass is 10.1. The highest BCUT2D eigenvalue weighted by Crippen LogP contribution is 2.35. The van der Waals surface area contributed by atoms with Crippen LogP contribution in [-0.2, 0) is 9.59 Å². The number of amides is 2. The second-order valence-electron chi connectivity index (χ2n) is 5.48. The smallest absolute Gasteiger partial charge is 0.246 e. The van der Waals surface area contributed by atoms with Crippen molar-refractivity contribution in [3.05, 3.63) is 0 Å². The van der Waals surface area contributed by atoms with E-state index in [0.29, 0.717) is 17.8 Å². The van der Waals surface area contributed by atoms with Crippen molar-refractivity contribution in [1.29, 1.82) is 0 Å². The number of hydrogen-bond acceptors (Lipinski definition) is 3. The van der Waals surface area contributed by atoms with Crippen LogP contribution in [0.1, 0.15) is 32.1 Å². The summed E-state index contributed by atoms with van der Waals surface area (Å²) >= 11 is 1.84. The van der Waals surface area contributed by atoms with Crippen molar-refractivity contribution in [2.45, 2.75) is 49.4 Å². The molecule has 0 bridgehead atoms. The lowest BCUT2D eigenvalue weighted by Gasteiger charge is -2.41. The van der Waals surface area contributed by atoms with Crippen LogP contribution in [0.2, 0.25) is 0 Å². The molecule has 4 nitrogen and oxygen atoms in total. The van der Waals surface area contributed by atoms with Crippen molar-refractivity contribution in [3.8, 4) is 0 Å². The number of nitrogens with zero attached hydrogens (tertiary/aromatic N) is 2. The standard InChI is InChI=1S/C13H20N2O2S/c1-18-11-6-2-4-9(11)15-8-12(16)14-7-3-5-10(14)13(15)17/h9-11H,2-8H2,1H3. The van der Waals surface area contributed by atoms with Crippen LogP contribution in [0.25, 0.3) is 0 Å². The fraction of sp³-hybridized carbons (Fsp3) is 0.846. The van der Waals surface area contributed by atoms with Gasteiger partial charge in [0.25, 0.3) is 0 Å². The first-order valence-electron chi connectivity index (χ1n) is 6.85. The van der Waals surface area contributed by atoms with Crippen LogP contribution in [0.4, 0.5) is 0 Å². The zero-order valence-corrected chi connectivity index (χ0v) is 11.6. The Balaban J connectivity index is 1.80. The lowest BCUT2D eigenvalue weighted by Crippen LogP contribution is -2.60. The van der Waals surface area contributed by atoms with Crippen LogP contribution in [0.5, 0.6) is 0 Å². The van der Waals surface area contributed by atoms with Crippen LogP contribution in [-0.4, -0.2) is 58.3 Å². The van der Waals surface area contributed by atoms with Gasteiger partial charge in [-0.3, -0.25) is 9.59 Å². The summed E-state index contributed by atoms with van der Waals surface area (Å²) in [4.78, 5) is 28.3. The van der Waals surface area contributed by atoms with Crippen LogP contribution < -0.4 is 0 Å². The van der Waals surface area contributed by atoms with Gasteiger partial charge in [-0.2, -0.15) is 11.8 Å². The monoisotopic (exact) mass is 268 g/mol. The molecule has 0 radical (unpaired) electrons. The molecular formula is C13H20N2O2S. The zero-order valence-electron chi connectivity index (χ0n) is 10.8. The Morgan fingerprint density at radius 3 is 2.72 bits per heavy atom. The Morgan fingerprint density at radius 2 is 1.94 bits per heavy atom. The summed E-state index contributed by atoms with van der Waals surface area (Å²) < 4.78 is 0. The third-order valence-electron chi connectivity index (χ3n) is 4.57. The number of piperazine rings is 1. The Labute approximate surface area is 112 Å². The van der Waals surface area contributed by atoms with Crippen molar-refractivity contribution in [2.75, 3.05) is 19.3 Å². The maximum Gasteiger partial charge on any atom is 0.246 e. The Morgan fingerprint density at radius 1 is 1.11 bits per heavy atom. The van der Waals surface area contributed by atoms with Crippen LogP contribution >= 0.6 is 11.8 Å². The van der Waals surface area contributed by atoms with E-state index in [1.54, 1.807) is 4.90 Å². The summed E-state index contributed by atoms with van der Waals surface area (Å²) in [6.07, 6.45) is 7.38. The van der Waals surface area contributed by atoms with Gasteiger partial charge in [0, 0.05) is 17.8 Å². The van der Waals surface area contributed by atoms with Crippen LogP contribution in [0.3, 0.4) is 0 Å². The second-order valence-corrected chi connectivity index (χ2v) is 6.56. The van der Waals surface area contributed by atoms with Crippen LogP contribution in [0, 0.1) is 0 Å². The highest BCUT2D eigenvalue weighted by atomic mass is 32.2. The van der Waals surface area contributed by atoms with E-state index < -0.39 is 0 Å². The molecular weight excluding hydrogens is 248 g/mol. The van der Waals surface area contributed by atoms with E-state index in [9.17, 15) is 9.59 Å². The summed E-state index contributed by atoms with van der Waals surface area (Å²) in [5.41, 5.74) is 0. The molecule has 2 aliphatic heterocycles. The molecule has 2 heterocycles. The van der Waals surface area contributed by atoms with Crippen molar-refractivity contribution in [1.82, 2.24) is 9.80 Å². The average molecular weight is 268 g/mol. The van der Waals surface area contributed by atoms with Gasteiger partial charge in [0.1, 0.15) is 12.6 Å². The minimum Gasteiger partial charge on any atom is -0.329 e. The van der Waals surface area contributed by atoms with Crippen molar-refractivity contribution < 1.29 is 9.59 Å². The first-order chi connectivity index (χ1) is 8.72. The third-order valence-corrected chi connectivity index (χ3v) is 5.72. The molecule has 0 aromatic heterocycles. The maximum absolute atomic E-state index is 12.5. The van der Waals surface area contributed by atoms with E-state index in [2.05, 4.69) is 6.26 Å². The quantitative estimate of drug-likeness (QED) is 0.753. The van der Waals surface area contributed by atoms with E-state index in [1.165, 1.54) is 12.8 Å². The predicted octanol–water partition coefficient (Wildman–Crippen LogP) is 1.10. The molecule has 2 amide bonds. The Kier molecular flexibility index (Phi) is 3.26. The highest BCUT2D eigenvalue weighted by Gasteiger charge is 2.46. The molecule has 3 unspecified atom stereocenters. The van der Waals surface area contributed by atoms with Crippen molar-refractivity contribution in [2.24, 2.45) is 0 Å². The summed E-state index contributed by atoms with van der Waals surface area (Å²) in [5, 5.41) is 0.523. The Hall–Kier alpha value is -0.710. The largest absolute Gasteiger partial charge is 0.329 e. The molecule has 0 spiro atoms. The number of carbonyl (C=O) groups is 2. The topological polar surface area (TPSA) is 40.6 Å². The fourth-order valence-electron chi connectivity index (χ4n) is 3.65. The van der Waals surface area contributed by atoms with Crippen molar-refractivity contribution in [3.63, 3.8) is 0 Å². The zero-order chi connectivity index (χ0) is 12.7. The molecule has 5 heteroatoms. The van der Waals surface area contributed by atoms with Gasteiger partial charge in [0.05, 0.1) is 0 Å². The maximum atomic E-state index is 12.5. The summed E-state index contributed by atoms with van der Waals surface area (Å²) in [6, 6.07) is 0.147. The van der Waals surface area contributed by atoms with E-state index in [0.717, 1.165) is 25.8 Å². The van der Waals surface area contributed by atoms with E-state index in [4.69, 9.17) is 0 Å². The normalized spacial score (nSPS) is 36.4. The minimum atomic E-state index is -0.144. The van der Waals surface area contributed by atoms with E-state index in [-0.39, 0.29) is 17.9 Å². The van der Waals surface area contributed by atoms with Crippen molar-refractivity contribution >= 4 is 23.6 Å². The molecule has 0 N–H and O–H groups in total. The SMILES string of the molecule is CSC1CCCC1N1CC(=O)N2CCCC2C1=O. The highest BCUT2D eigenvalue weighted by molar-refractivity contribution is 7.99. The predicted molar refractivity (Wildman–Crippen MR) is 71.4 cm³/mol. The van der Waals surface area contributed by atoms with E-state index >= 15 is 0 Å².